The van der Waals surface area contributed by atoms with E-state index in [1.807, 2.05) is 24.3 Å². The molecule has 0 spiro atoms. The van der Waals surface area contributed by atoms with Gasteiger partial charge >= 0.3 is 0 Å². The fourth-order valence-electron chi connectivity index (χ4n) is 3.72. The Labute approximate surface area is 119 Å². The summed E-state index contributed by atoms with van der Waals surface area (Å²) in [5.74, 6) is 1.60. The van der Waals surface area contributed by atoms with Crippen LogP contribution in [0.5, 0.6) is 0 Å². The molecular weight excluding hydrogens is 250 g/mol. The van der Waals surface area contributed by atoms with Gasteiger partial charge in [-0.05, 0) is 48.6 Å². The van der Waals surface area contributed by atoms with E-state index in [1.54, 1.807) is 0 Å². The van der Waals surface area contributed by atoms with Crippen LogP contribution in [0.4, 0.5) is 0 Å². The molecule has 0 heterocycles. The molecule has 3 nitrogen and oxygen atoms in total. The maximum absolute atomic E-state index is 12.6. The van der Waals surface area contributed by atoms with Gasteiger partial charge in [0.2, 0.25) is 5.91 Å². The van der Waals surface area contributed by atoms with E-state index in [0.717, 1.165) is 5.56 Å². The van der Waals surface area contributed by atoms with Crippen molar-refractivity contribution < 1.29 is 9.90 Å². The molecule has 1 aromatic rings. The average Bonchev–Trinajstić information content (AvgIpc) is 3.32. The van der Waals surface area contributed by atoms with Gasteiger partial charge in [0.1, 0.15) is 0 Å². The van der Waals surface area contributed by atoms with E-state index in [4.69, 9.17) is 0 Å². The molecule has 0 aromatic heterocycles. The smallest absolute Gasteiger partial charge is 0.224 e. The van der Waals surface area contributed by atoms with Gasteiger partial charge in [-0.3, -0.25) is 4.79 Å². The minimum absolute atomic E-state index is 0.177. The third kappa shape index (κ3) is 2.14. The van der Waals surface area contributed by atoms with E-state index < -0.39 is 6.10 Å². The van der Waals surface area contributed by atoms with Crippen LogP contribution in [-0.2, 0) is 11.2 Å². The minimum atomic E-state index is -0.476. The quantitative estimate of drug-likeness (QED) is 0.882. The van der Waals surface area contributed by atoms with E-state index in [1.165, 1.54) is 31.2 Å². The van der Waals surface area contributed by atoms with Gasteiger partial charge in [0.15, 0.2) is 0 Å². The maximum atomic E-state index is 12.6. The standard InChI is InChI=1S/C17H21NO2/c19-14-9-12-3-1-2-4-13(12)16(14)18-17(20)15(10-5-6-10)11-7-8-11/h1-4,10-11,14-16,19H,5-9H2,(H,18,20)/t14-,16+/m1/s1. The lowest BCUT2D eigenvalue weighted by Gasteiger charge is -2.22. The van der Waals surface area contributed by atoms with E-state index >= 15 is 0 Å². The molecule has 0 unspecified atom stereocenters. The average molecular weight is 271 g/mol. The van der Waals surface area contributed by atoms with Crippen molar-refractivity contribution in [3.8, 4) is 0 Å². The lowest BCUT2D eigenvalue weighted by atomic mass is 9.96. The minimum Gasteiger partial charge on any atom is -0.390 e. The van der Waals surface area contributed by atoms with Crippen LogP contribution in [-0.4, -0.2) is 17.1 Å². The summed E-state index contributed by atoms with van der Waals surface area (Å²) in [6, 6.07) is 7.84. The first-order valence-corrected chi connectivity index (χ1v) is 7.80. The van der Waals surface area contributed by atoms with Gasteiger partial charge in [0.25, 0.3) is 0 Å². The number of benzene rings is 1. The molecule has 2 fully saturated rings. The predicted octanol–water partition coefficient (Wildman–Crippen LogP) is 2.20. The SMILES string of the molecule is O=C(N[C@H]1c2ccccc2C[C@H]1O)C(C1CC1)C1CC1. The number of rotatable bonds is 4. The first-order chi connectivity index (χ1) is 9.74. The number of aliphatic hydroxyl groups is 1. The lowest BCUT2D eigenvalue weighted by Crippen LogP contribution is -2.39. The summed E-state index contributed by atoms with van der Waals surface area (Å²) in [7, 11) is 0. The molecule has 0 aliphatic heterocycles. The van der Waals surface area contributed by atoms with Crippen LogP contribution in [0.2, 0.25) is 0 Å². The van der Waals surface area contributed by atoms with Crippen LogP contribution in [0.25, 0.3) is 0 Å². The van der Waals surface area contributed by atoms with Crippen molar-refractivity contribution in [1.29, 1.82) is 0 Å². The van der Waals surface area contributed by atoms with Crippen LogP contribution < -0.4 is 5.32 Å². The number of nitrogens with one attached hydrogen (secondary N) is 1. The monoisotopic (exact) mass is 271 g/mol. The van der Waals surface area contributed by atoms with Crippen LogP contribution in [0.1, 0.15) is 42.9 Å². The highest BCUT2D eigenvalue weighted by molar-refractivity contribution is 5.80. The second-order valence-corrected chi connectivity index (χ2v) is 6.66. The van der Waals surface area contributed by atoms with Crippen molar-refractivity contribution in [2.75, 3.05) is 0 Å². The normalized spacial score (nSPS) is 28.5. The highest BCUT2D eigenvalue weighted by Gasteiger charge is 2.46. The molecule has 3 aliphatic carbocycles. The van der Waals surface area contributed by atoms with Crippen molar-refractivity contribution in [3.05, 3.63) is 35.4 Å². The first-order valence-electron chi connectivity index (χ1n) is 7.80. The number of aliphatic hydroxyl groups excluding tert-OH is 1. The number of carbonyl (C=O) groups is 1. The van der Waals surface area contributed by atoms with E-state index in [-0.39, 0.29) is 17.9 Å². The van der Waals surface area contributed by atoms with Gasteiger partial charge in [-0.2, -0.15) is 0 Å². The summed E-state index contributed by atoms with van der Waals surface area (Å²) < 4.78 is 0. The Hall–Kier alpha value is -1.35. The van der Waals surface area contributed by atoms with Gasteiger partial charge in [-0.25, -0.2) is 0 Å². The number of hydrogen-bond donors (Lipinski definition) is 2. The Kier molecular flexibility index (Phi) is 2.84. The van der Waals surface area contributed by atoms with Crippen LogP contribution >= 0.6 is 0 Å². The summed E-state index contributed by atoms with van der Waals surface area (Å²) >= 11 is 0. The topological polar surface area (TPSA) is 49.3 Å². The Bertz CT molecular complexity index is 522. The molecule has 106 valence electrons. The molecule has 20 heavy (non-hydrogen) atoms. The van der Waals surface area contributed by atoms with Crippen molar-refractivity contribution in [3.63, 3.8) is 0 Å². The molecule has 2 atom stereocenters. The fourth-order valence-corrected chi connectivity index (χ4v) is 3.72. The molecule has 1 aromatic carbocycles. The van der Waals surface area contributed by atoms with Gasteiger partial charge in [0, 0.05) is 12.3 Å². The van der Waals surface area contributed by atoms with Gasteiger partial charge in [-0.1, -0.05) is 24.3 Å². The van der Waals surface area contributed by atoms with Crippen molar-refractivity contribution >= 4 is 5.91 Å². The Morgan fingerprint density at radius 3 is 2.45 bits per heavy atom. The molecule has 0 radical (unpaired) electrons. The predicted molar refractivity (Wildman–Crippen MR) is 76.0 cm³/mol. The molecule has 4 rings (SSSR count). The first kappa shape index (κ1) is 12.4. The number of hydrogen-bond acceptors (Lipinski definition) is 2. The van der Waals surface area contributed by atoms with Crippen molar-refractivity contribution in [1.82, 2.24) is 5.32 Å². The maximum Gasteiger partial charge on any atom is 0.224 e. The summed E-state index contributed by atoms with van der Waals surface area (Å²) in [6.45, 7) is 0. The molecular formula is C17H21NO2. The molecule has 3 aliphatic rings. The van der Waals surface area contributed by atoms with Crippen molar-refractivity contribution in [2.45, 2.75) is 44.2 Å². The highest BCUT2D eigenvalue weighted by Crippen LogP contribution is 2.49. The van der Waals surface area contributed by atoms with E-state index in [9.17, 15) is 9.90 Å². The highest BCUT2D eigenvalue weighted by atomic mass is 16.3. The van der Waals surface area contributed by atoms with Crippen LogP contribution in [0.3, 0.4) is 0 Å². The molecule has 2 saturated carbocycles. The number of fused-ring (bicyclic) bond motifs is 1. The van der Waals surface area contributed by atoms with Crippen molar-refractivity contribution in [2.24, 2.45) is 17.8 Å². The third-order valence-electron chi connectivity index (χ3n) is 5.06. The summed E-state index contributed by atoms with van der Waals surface area (Å²) in [6.07, 6.45) is 5.00. The Morgan fingerprint density at radius 1 is 1.15 bits per heavy atom. The molecule has 0 bridgehead atoms. The third-order valence-corrected chi connectivity index (χ3v) is 5.06. The second kappa shape index (κ2) is 4.59. The Morgan fingerprint density at radius 2 is 1.80 bits per heavy atom. The second-order valence-electron chi connectivity index (χ2n) is 6.66. The number of carbonyl (C=O) groups excluding carboxylic acids is 1. The zero-order valence-corrected chi connectivity index (χ0v) is 11.6. The summed E-state index contributed by atoms with van der Waals surface area (Å²) in [4.78, 5) is 12.6. The largest absolute Gasteiger partial charge is 0.390 e. The zero-order valence-electron chi connectivity index (χ0n) is 11.6. The summed E-state index contributed by atoms with van der Waals surface area (Å²) in [5, 5.41) is 13.4. The lowest BCUT2D eigenvalue weighted by molar-refractivity contribution is -0.127. The van der Waals surface area contributed by atoms with Gasteiger partial charge in [0.05, 0.1) is 12.1 Å². The van der Waals surface area contributed by atoms with Gasteiger partial charge < -0.3 is 10.4 Å². The zero-order chi connectivity index (χ0) is 13.7. The van der Waals surface area contributed by atoms with E-state index in [2.05, 4.69) is 5.32 Å². The van der Waals surface area contributed by atoms with Crippen LogP contribution in [0.15, 0.2) is 24.3 Å². The molecule has 2 N–H and O–H groups in total. The Balaban J connectivity index is 1.52. The van der Waals surface area contributed by atoms with Gasteiger partial charge in [-0.15, -0.1) is 0 Å². The fraction of sp³-hybridized carbons (Fsp3) is 0.588. The molecule has 1 amide bonds. The number of amides is 1. The summed E-state index contributed by atoms with van der Waals surface area (Å²) in [5.41, 5.74) is 2.26. The van der Waals surface area contributed by atoms with E-state index in [0.29, 0.717) is 18.3 Å². The molecule has 0 saturated heterocycles. The van der Waals surface area contributed by atoms with Crippen LogP contribution in [0, 0.1) is 17.8 Å². The molecule has 3 heteroatoms.